The van der Waals surface area contributed by atoms with Crippen molar-refractivity contribution in [1.29, 1.82) is 0 Å². The SMILES string of the molecule is C[C@@H]1CN(C(=O)N2CCC(OCCO)CC2)C[C@H]1C(=O)O. The monoisotopic (exact) mass is 300 g/mol. The quantitative estimate of drug-likeness (QED) is 0.776. The van der Waals surface area contributed by atoms with Crippen LogP contribution < -0.4 is 0 Å². The average Bonchev–Trinajstić information content (AvgIpc) is 2.87. The lowest BCUT2D eigenvalue weighted by Crippen LogP contribution is -2.47. The number of carboxylic acid groups (broad SMARTS) is 1. The van der Waals surface area contributed by atoms with Gasteiger partial charge < -0.3 is 24.7 Å². The Hall–Kier alpha value is -1.34. The maximum absolute atomic E-state index is 12.4. The van der Waals surface area contributed by atoms with Crippen LogP contribution in [0.15, 0.2) is 0 Å². The zero-order valence-corrected chi connectivity index (χ0v) is 12.4. The van der Waals surface area contributed by atoms with Crippen molar-refractivity contribution in [3.05, 3.63) is 0 Å². The molecule has 2 heterocycles. The molecule has 7 heteroatoms. The Morgan fingerprint density at radius 2 is 1.86 bits per heavy atom. The number of hydrogen-bond acceptors (Lipinski definition) is 4. The van der Waals surface area contributed by atoms with Gasteiger partial charge >= 0.3 is 12.0 Å². The van der Waals surface area contributed by atoms with Crippen LogP contribution in [0.3, 0.4) is 0 Å². The molecule has 120 valence electrons. The minimum atomic E-state index is -0.825. The first-order chi connectivity index (χ1) is 10.0. The van der Waals surface area contributed by atoms with Crippen molar-refractivity contribution in [1.82, 2.24) is 9.80 Å². The third-order valence-electron chi connectivity index (χ3n) is 4.36. The number of likely N-dealkylation sites (tertiary alicyclic amines) is 2. The molecule has 2 rings (SSSR count). The lowest BCUT2D eigenvalue weighted by Gasteiger charge is -2.34. The highest BCUT2D eigenvalue weighted by Crippen LogP contribution is 2.25. The normalized spacial score (nSPS) is 27.1. The first kappa shape index (κ1) is 16.0. The van der Waals surface area contributed by atoms with Gasteiger partial charge in [-0.15, -0.1) is 0 Å². The minimum absolute atomic E-state index is 0.00289. The fourth-order valence-electron chi connectivity index (χ4n) is 3.08. The van der Waals surface area contributed by atoms with Crippen LogP contribution in [-0.4, -0.2) is 77.5 Å². The van der Waals surface area contributed by atoms with E-state index in [1.54, 1.807) is 9.80 Å². The van der Waals surface area contributed by atoms with Crippen LogP contribution in [0.2, 0.25) is 0 Å². The number of carbonyl (C=O) groups is 2. The molecule has 0 aliphatic carbocycles. The summed E-state index contributed by atoms with van der Waals surface area (Å²) in [4.78, 5) is 26.9. The molecule has 2 aliphatic heterocycles. The number of hydrogen-bond donors (Lipinski definition) is 2. The van der Waals surface area contributed by atoms with Crippen molar-refractivity contribution in [3.63, 3.8) is 0 Å². The molecule has 0 unspecified atom stereocenters. The molecule has 0 aromatic heterocycles. The summed E-state index contributed by atoms with van der Waals surface area (Å²) in [6, 6.07) is -0.0637. The number of piperidine rings is 1. The summed E-state index contributed by atoms with van der Waals surface area (Å²) < 4.78 is 5.47. The van der Waals surface area contributed by atoms with Crippen molar-refractivity contribution in [2.45, 2.75) is 25.9 Å². The largest absolute Gasteiger partial charge is 0.481 e. The molecule has 0 saturated carbocycles. The predicted octanol–water partition coefficient (Wildman–Crippen LogP) is 0.232. The lowest BCUT2D eigenvalue weighted by atomic mass is 9.99. The smallest absolute Gasteiger partial charge is 0.320 e. The van der Waals surface area contributed by atoms with Crippen LogP contribution in [0, 0.1) is 11.8 Å². The van der Waals surface area contributed by atoms with E-state index < -0.39 is 11.9 Å². The summed E-state index contributed by atoms with van der Waals surface area (Å²) in [7, 11) is 0. The number of nitrogens with zero attached hydrogens (tertiary/aromatic N) is 2. The van der Waals surface area contributed by atoms with Gasteiger partial charge in [-0.2, -0.15) is 0 Å². The maximum Gasteiger partial charge on any atom is 0.320 e. The predicted molar refractivity (Wildman–Crippen MR) is 74.9 cm³/mol. The Balaban J connectivity index is 1.81. The van der Waals surface area contributed by atoms with Gasteiger partial charge in [-0.25, -0.2) is 4.79 Å². The van der Waals surface area contributed by atoms with E-state index in [9.17, 15) is 9.59 Å². The van der Waals surface area contributed by atoms with E-state index in [-0.39, 0.29) is 24.7 Å². The van der Waals surface area contributed by atoms with Crippen LogP contribution in [0.4, 0.5) is 4.79 Å². The number of urea groups is 1. The van der Waals surface area contributed by atoms with E-state index in [0.29, 0.717) is 32.8 Å². The third-order valence-corrected chi connectivity index (χ3v) is 4.36. The van der Waals surface area contributed by atoms with Gasteiger partial charge in [0, 0.05) is 26.2 Å². The second-order valence-corrected chi connectivity index (χ2v) is 5.89. The molecular formula is C14H24N2O5. The van der Waals surface area contributed by atoms with Crippen molar-refractivity contribution < 1.29 is 24.5 Å². The molecule has 0 bridgehead atoms. The third kappa shape index (κ3) is 3.85. The van der Waals surface area contributed by atoms with E-state index in [1.165, 1.54) is 0 Å². The zero-order valence-electron chi connectivity index (χ0n) is 12.4. The highest BCUT2D eigenvalue weighted by molar-refractivity contribution is 5.77. The van der Waals surface area contributed by atoms with Crippen LogP contribution in [0.5, 0.6) is 0 Å². The second-order valence-electron chi connectivity index (χ2n) is 5.89. The standard InChI is InChI=1S/C14H24N2O5/c1-10-8-16(9-12(10)13(18)19)14(20)15-4-2-11(3-5-15)21-7-6-17/h10-12,17H,2-9H2,1H3,(H,18,19)/t10-,12-/m1/s1. The molecular weight excluding hydrogens is 276 g/mol. The van der Waals surface area contributed by atoms with Gasteiger partial charge in [0.25, 0.3) is 0 Å². The van der Waals surface area contributed by atoms with Crippen molar-refractivity contribution in [3.8, 4) is 0 Å². The van der Waals surface area contributed by atoms with E-state index >= 15 is 0 Å². The number of amides is 2. The van der Waals surface area contributed by atoms with Gasteiger partial charge in [-0.05, 0) is 18.8 Å². The Morgan fingerprint density at radius 1 is 1.19 bits per heavy atom. The number of aliphatic hydroxyl groups is 1. The first-order valence-corrected chi connectivity index (χ1v) is 7.52. The molecule has 7 nitrogen and oxygen atoms in total. The van der Waals surface area contributed by atoms with Gasteiger partial charge in [-0.3, -0.25) is 4.79 Å². The molecule has 2 saturated heterocycles. The Bertz CT molecular complexity index is 382. The van der Waals surface area contributed by atoms with Gasteiger partial charge in [0.05, 0.1) is 25.2 Å². The highest BCUT2D eigenvalue weighted by atomic mass is 16.5. The molecule has 2 aliphatic rings. The highest BCUT2D eigenvalue weighted by Gasteiger charge is 2.38. The number of rotatable bonds is 4. The number of aliphatic carboxylic acids is 1. The van der Waals surface area contributed by atoms with Crippen LogP contribution in [0.1, 0.15) is 19.8 Å². The number of carboxylic acids is 1. The van der Waals surface area contributed by atoms with Gasteiger partial charge in [0.15, 0.2) is 0 Å². The number of carbonyl (C=O) groups excluding carboxylic acids is 1. The summed E-state index contributed by atoms with van der Waals surface area (Å²) >= 11 is 0. The average molecular weight is 300 g/mol. The van der Waals surface area contributed by atoms with E-state index in [2.05, 4.69) is 0 Å². The molecule has 2 atom stereocenters. The van der Waals surface area contributed by atoms with Gasteiger partial charge in [0.2, 0.25) is 0 Å². The zero-order chi connectivity index (χ0) is 15.4. The lowest BCUT2D eigenvalue weighted by molar-refractivity contribution is -0.142. The number of ether oxygens (including phenoxy) is 1. The molecule has 2 fully saturated rings. The molecule has 0 radical (unpaired) electrons. The second kappa shape index (κ2) is 7.09. The van der Waals surface area contributed by atoms with Crippen molar-refractivity contribution in [2.24, 2.45) is 11.8 Å². The van der Waals surface area contributed by atoms with Crippen LogP contribution in [0.25, 0.3) is 0 Å². The fraction of sp³-hybridized carbons (Fsp3) is 0.857. The summed E-state index contributed by atoms with van der Waals surface area (Å²) in [5.74, 6) is -1.29. The number of aliphatic hydroxyl groups excluding tert-OH is 1. The fourth-order valence-corrected chi connectivity index (χ4v) is 3.08. The summed E-state index contributed by atoms with van der Waals surface area (Å²) in [6.07, 6.45) is 1.63. The molecule has 21 heavy (non-hydrogen) atoms. The van der Waals surface area contributed by atoms with Crippen LogP contribution in [-0.2, 0) is 9.53 Å². The van der Waals surface area contributed by atoms with E-state index in [4.69, 9.17) is 14.9 Å². The van der Waals surface area contributed by atoms with E-state index in [1.807, 2.05) is 6.92 Å². The summed E-state index contributed by atoms with van der Waals surface area (Å²) in [5.41, 5.74) is 0. The maximum atomic E-state index is 12.4. The molecule has 0 aromatic rings. The minimum Gasteiger partial charge on any atom is -0.481 e. The Labute approximate surface area is 124 Å². The molecule has 2 N–H and O–H groups in total. The summed E-state index contributed by atoms with van der Waals surface area (Å²) in [5, 5.41) is 17.9. The molecule has 0 spiro atoms. The first-order valence-electron chi connectivity index (χ1n) is 7.52. The van der Waals surface area contributed by atoms with Crippen molar-refractivity contribution >= 4 is 12.0 Å². The molecule has 0 aromatic carbocycles. The summed E-state index contributed by atoms with van der Waals surface area (Å²) in [6.45, 7) is 4.28. The Kier molecular flexibility index (Phi) is 5.41. The topological polar surface area (TPSA) is 90.3 Å². The van der Waals surface area contributed by atoms with Gasteiger partial charge in [-0.1, -0.05) is 6.92 Å². The van der Waals surface area contributed by atoms with Gasteiger partial charge in [0.1, 0.15) is 0 Å². The van der Waals surface area contributed by atoms with E-state index in [0.717, 1.165) is 12.8 Å². The van der Waals surface area contributed by atoms with Crippen molar-refractivity contribution in [2.75, 3.05) is 39.4 Å². The Morgan fingerprint density at radius 3 is 2.38 bits per heavy atom. The van der Waals surface area contributed by atoms with Crippen LogP contribution >= 0.6 is 0 Å². The molecule has 2 amide bonds.